The molecule has 158 valence electrons. The Morgan fingerprint density at radius 2 is 1.07 bits per heavy atom. The Labute approximate surface area is 169 Å². The zero-order valence-electron chi connectivity index (χ0n) is 17.2. The third-order valence-corrected chi connectivity index (χ3v) is 7.99. The van der Waals surface area contributed by atoms with Gasteiger partial charge in [-0.1, -0.05) is 12.8 Å². The molecule has 4 rings (SSSR count). The van der Waals surface area contributed by atoms with Crippen LogP contribution in [0.15, 0.2) is 0 Å². The van der Waals surface area contributed by atoms with Crippen molar-refractivity contribution in [1.29, 1.82) is 0 Å². The molecule has 4 amide bonds. The van der Waals surface area contributed by atoms with Gasteiger partial charge < -0.3 is 21.3 Å². The first kappa shape index (κ1) is 19.8. The Morgan fingerprint density at radius 3 is 1.43 bits per heavy atom. The summed E-state index contributed by atoms with van der Waals surface area (Å²) in [6.45, 7) is 2.99. The second-order valence-electron chi connectivity index (χ2n) is 9.85. The lowest BCUT2D eigenvalue weighted by atomic mass is 9.89. The first-order valence-corrected chi connectivity index (χ1v) is 11.7. The van der Waals surface area contributed by atoms with E-state index in [9.17, 15) is 9.59 Å². The van der Waals surface area contributed by atoms with Gasteiger partial charge in [0, 0.05) is 26.2 Å². The van der Waals surface area contributed by atoms with E-state index in [2.05, 4.69) is 21.3 Å². The maximum Gasteiger partial charge on any atom is 0.314 e. The van der Waals surface area contributed by atoms with Crippen LogP contribution in [0.25, 0.3) is 0 Å². The van der Waals surface area contributed by atoms with Crippen molar-refractivity contribution in [2.24, 2.45) is 35.5 Å². The lowest BCUT2D eigenvalue weighted by molar-refractivity contribution is 0.232. The third-order valence-electron chi connectivity index (χ3n) is 7.99. The number of hydrogen-bond donors (Lipinski definition) is 4. The highest BCUT2D eigenvalue weighted by Crippen LogP contribution is 2.48. The summed E-state index contributed by atoms with van der Waals surface area (Å²) in [5.41, 5.74) is 0. The number of urea groups is 2. The molecule has 4 aliphatic carbocycles. The van der Waals surface area contributed by atoms with E-state index in [4.69, 9.17) is 0 Å². The van der Waals surface area contributed by atoms with Crippen LogP contribution >= 0.6 is 0 Å². The van der Waals surface area contributed by atoms with Crippen molar-refractivity contribution in [1.82, 2.24) is 21.3 Å². The maximum atomic E-state index is 11.9. The molecule has 0 spiro atoms. The number of hydrogen-bond acceptors (Lipinski definition) is 2. The van der Waals surface area contributed by atoms with Crippen LogP contribution in [0.1, 0.15) is 64.2 Å². The maximum absolute atomic E-state index is 11.9. The van der Waals surface area contributed by atoms with Gasteiger partial charge in [-0.05, 0) is 86.9 Å². The van der Waals surface area contributed by atoms with Crippen LogP contribution in [-0.2, 0) is 0 Å². The van der Waals surface area contributed by atoms with Gasteiger partial charge in [0.05, 0.1) is 0 Å². The van der Waals surface area contributed by atoms with Gasteiger partial charge in [0.2, 0.25) is 0 Å². The third kappa shape index (κ3) is 5.12. The second kappa shape index (κ2) is 9.36. The number of carbonyl (C=O) groups excluding carboxylic acids is 2. The van der Waals surface area contributed by atoms with E-state index in [1.807, 2.05) is 0 Å². The van der Waals surface area contributed by atoms with Crippen molar-refractivity contribution in [2.45, 2.75) is 64.2 Å². The number of amides is 4. The van der Waals surface area contributed by atoms with E-state index >= 15 is 0 Å². The minimum absolute atomic E-state index is 0.0423. The molecule has 0 aromatic rings. The van der Waals surface area contributed by atoms with Crippen molar-refractivity contribution < 1.29 is 9.59 Å². The van der Waals surface area contributed by atoms with Gasteiger partial charge in [-0.15, -0.1) is 0 Å². The molecule has 4 aliphatic rings. The summed E-state index contributed by atoms with van der Waals surface area (Å²) in [7, 11) is 0. The first-order valence-electron chi connectivity index (χ1n) is 11.7. The van der Waals surface area contributed by atoms with E-state index in [1.54, 1.807) is 0 Å². The molecule has 6 nitrogen and oxygen atoms in total. The molecule has 4 N–H and O–H groups in total. The van der Waals surface area contributed by atoms with Crippen molar-refractivity contribution in [3.63, 3.8) is 0 Å². The molecule has 4 fully saturated rings. The fourth-order valence-corrected chi connectivity index (χ4v) is 6.48. The molecule has 0 radical (unpaired) electrons. The van der Waals surface area contributed by atoms with Gasteiger partial charge in [-0.25, -0.2) is 9.59 Å². The number of rotatable bonds is 9. The highest BCUT2D eigenvalue weighted by molar-refractivity contribution is 5.74. The number of fused-ring (bicyclic) bond motifs is 4. The summed E-state index contributed by atoms with van der Waals surface area (Å²) in [5.74, 6) is 4.96. The molecule has 0 aliphatic heterocycles. The smallest absolute Gasteiger partial charge is 0.314 e. The normalized spacial score (nSPS) is 35.1. The van der Waals surface area contributed by atoms with Gasteiger partial charge in [-0.3, -0.25) is 0 Å². The second-order valence-corrected chi connectivity index (χ2v) is 9.85. The number of unbranched alkanes of at least 4 members (excludes halogenated alkanes) is 1. The van der Waals surface area contributed by atoms with Crippen LogP contribution in [0, 0.1) is 35.5 Å². The SMILES string of the molecule is O=C(NCCCCNC(=O)NC[C@@H]1C[C@H]2CC[C@H]1C2)NC[C@@H]1C[C@H]2CC[C@H]1C2. The van der Waals surface area contributed by atoms with Crippen molar-refractivity contribution in [3.8, 4) is 0 Å². The summed E-state index contributed by atoms with van der Waals surface area (Å²) in [5, 5.41) is 12.0. The monoisotopic (exact) mass is 390 g/mol. The summed E-state index contributed by atoms with van der Waals surface area (Å²) >= 11 is 0. The largest absolute Gasteiger partial charge is 0.338 e. The molecular weight excluding hydrogens is 352 g/mol. The molecule has 4 saturated carbocycles. The van der Waals surface area contributed by atoms with Gasteiger partial charge in [0.1, 0.15) is 0 Å². The Hall–Kier alpha value is -1.46. The van der Waals surface area contributed by atoms with Crippen LogP contribution in [0.4, 0.5) is 9.59 Å². The highest BCUT2D eigenvalue weighted by Gasteiger charge is 2.40. The van der Waals surface area contributed by atoms with Crippen LogP contribution in [-0.4, -0.2) is 38.2 Å². The standard InChI is InChI=1S/C22H38N4O2/c27-21(25-13-19-11-15-3-5-17(19)9-15)23-7-1-2-8-24-22(28)26-14-20-12-16-4-6-18(20)10-16/h15-20H,1-14H2,(H2,23,25,27)(H2,24,26,28)/t15-,16-,17-,18-,19-,20-/m0/s1. The lowest BCUT2D eigenvalue weighted by Gasteiger charge is -2.22. The molecule has 0 saturated heterocycles. The molecule has 6 heteroatoms. The predicted octanol–water partition coefficient (Wildman–Crippen LogP) is 3.24. The topological polar surface area (TPSA) is 82.3 Å². The summed E-state index contributed by atoms with van der Waals surface area (Å²) in [4.78, 5) is 23.8. The van der Waals surface area contributed by atoms with Gasteiger partial charge in [0.15, 0.2) is 0 Å². The minimum atomic E-state index is -0.0423. The van der Waals surface area contributed by atoms with Crippen LogP contribution in [0.2, 0.25) is 0 Å². The van der Waals surface area contributed by atoms with Crippen LogP contribution < -0.4 is 21.3 Å². The molecule has 0 aromatic heterocycles. The minimum Gasteiger partial charge on any atom is -0.338 e. The molecule has 28 heavy (non-hydrogen) atoms. The van der Waals surface area contributed by atoms with Crippen molar-refractivity contribution >= 4 is 12.1 Å². The first-order chi connectivity index (χ1) is 13.7. The molecule has 0 unspecified atom stereocenters. The van der Waals surface area contributed by atoms with Crippen molar-refractivity contribution in [3.05, 3.63) is 0 Å². The molecule has 0 heterocycles. The van der Waals surface area contributed by atoms with E-state index in [0.717, 1.165) is 49.6 Å². The quantitative estimate of drug-likeness (QED) is 0.456. The number of nitrogens with one attached hydrogen (secondary N) is 4. The van der Waals surface area contributed by atoms with E-state index < -0.39 is 0 Å². The van der Waals surface area contributed by atoms with Gasteiger partial charge >= 0.3 is 12.1 Å². The summed E-state index contributed by atoms with van der Waals surface area (Å²) in [6, 6.07) is -0.0846. The zero-order chi connectivity index (χ0) is 19.3. The fraction of sp³-hybridized carbons (Fsp3) is 0.909. The average Bonchev–Trinajstić information content (AvgIpc) is 3.48. The Kier molecular flexibility index (Phi) is 6.63. The molecule has 4 bridgehead atoms. The van der Waals surface area contributed by atoms with Gasteiger partial charge in [0.25, 0.3) is 0 Å². The molecule has 0 aromatic carbocycles. The van der Waals surface area contributed by atoms with Crippen LogP contribution in [0.5, 0.6) is 0 Å². The fourth-order valence-electron chi connectivity index (χ4n) is 6.48. The lowest BCUT2D eigenvalue weighted by Crippen LogP contribution is -2.40. The van der Waals surface area contributed by atoms with E-state index in [1.165, 1.54) is 51.4 Å². The zero-order valence-corrected chi connectivity index (χ0v) is 17.2. The van der Waals surface area contributed by atoms with E-state index in [0.29, 0.717) is 24.9 Å². The summed E-state index contributed by atoms with van der Waals surface area (Å²) in [6.07, 6.45) is 12.7. The molecular formula is C22H38N4O2. The summed E-state index contributed by atoms with van der Waals surface area (Å²) < 4.78 is 0. The highest BCUT2D eigenvalue weighted by atomic mass is 16.2. The Bertz CT molecular complexity index is 507. The van der Waals surface area contributed by atoms with Crippen molar-refractivity contribution in [2.75, 3.05) is 26.2 Å². The number of carbonyl (C=O) groups is 2. The van der Waals surface area contributed by atoms with Gasteiger partial charge in [-0.2, -0.15) is 0 Å². The van der Waals surface area contributed by atoms with E-state index in [-0.39, 0.29) is 12.1 Å². The van der Waals surface area contributed by atoms with Crippen LogP contribution in [0.3, 0.4) is 0 Å². The Balaban J connectivity index is 0.962. The molecule has 6 atom stereocenters. The Morgan fingerprint density at radius 1 is 0.607 bits per heavy atom. The average molecular weight is 391 g/mol. The predicted molar refractivity (Wildman–Crippen MR) is 110 cm³/mol.